The molecule has 0 saturated carbocycles. The predicted molar refractivity (Wildman–Crippen MR) is 145 cm³/mol. The zero-order chi connectivity index (χ0) is 27.2. The second kappa shape index (κ2) is 9.72. The lowest BCUT2D eigenvalue weighted by atomic mass is 9.85. The lowest BCUT2D eigenvalue weighted by Crippen LogP contribution is -2.29. The van der Waals surface area contributed by atoms with Crippen LogP contribution in [0.4, 0.5) is 5.69 Å². The van der Waals surface area contributed by atoms with Crippen molar-refractivity contribution in [2.75, 3.05) is 25.2 Å². The van der Waals surface area contributed by atoms with Gasteiger partial charge in [0.15, 0.2) is 11.5 Å². The van der Waals surface area contributed by atoms with Crippen molar-refractivity contribution in [1.29, 1.82) is 0 Å². The first kappa shape index (κ1) is 25.7. The summed E-state index contributed by atoms with van der Waals surface area (Å²) >= 11 is 6.42. The highest BCUT2D eigenvalue weighted by Crippen LogP contribution is 2.45. The van der Waals surface area contributed by atoms with E-state index in [-0.39, 0.29) is 27.3 Å². The molecule has 1 N–H and O–H groups in total. The molecule has 1 unspecified atom stereocenters. The molecule has 3 aromatic carbocycles. The number of nitrogens with zero attached hydrogens (tertiary/aromatic N) is 1. The van der Waals surface area contributed by atoms with Crippen LogP contribution in [0.25, 0.3) is 5.76 Å². The number of Topliss-reactive ketones (excluding diaryl/α,β-unsaturated/α-hetero) is 1. The molecule has 2 aliphatic rings. The van der Waals surface area contributed by atoms with E-state index in [1.807, 2.05) is 24.3 Å². The maximum Gasteiger partial charge on any atom is 0.300 e. The highest BCUT2D eigenvalue weighted by Gasteiger charge is 2.47. The minimum atomic E-state index is -0.908. The molecule has 8 heteroatoms. The fourth-order valence-corrected chi connectivity index (χ4v) is 4.93. The topological polar surface area (TPSA) is 85.3 Å². The molecular formula is C30H28ClNO6. The quantitative estimate of drug-likeness (QED) is 0.250. The molecule has 3 aromatic rings. The Balaban J connectivity index is 1.71. The van der Waals surface area contributed by atoms with E-state index in [1.165, 1.54) is 18.1 Å². The molecule has 0 spiro atoms. The smallest absolute Gasteiger partial charge is 0.300 e. The van der Waals surface area contributed by atoms with Crippen LogP contribution in [0.1, 0.15) is 43.5 Å². The van der Waals surface area contributed by atoms with Crippen LogP contribution >= 0.6 is 11.6 Å². The largest absolute Gasteiger partial charge is 0.507 e. The van der Waals surface area contributed by atoms with E-state index < -0.39 is 17.7 Å². The molecule has 1 atom stereocenters. The maximum absolute atomic E-state index is 13.5. The van der Waals surface area contributed by atoms with Crippen LogP contribution in [0.5, 0.6) is 17.2 Å². The van der Waals surface area contributed by atoms with Gasteiger partial charge in [0, 0.05) is 17.3 Å². The zero-order valence-corrected chi connectivity index (χ0v) is 22.3. The number of rotatable bonds is 4. The van der Waals surface area contributed by atoms with Crippen molar-refractivity contribution in [3.8, 4) is 17.2 Å². The van der Waals surface area contributed by atoms with E-state index in [9.17, 15) is 14.7 Å². The third-order valence-corrected chi connectivity index (χ3v) is 7.10. The van der Waals surface area contributed by atoms with Gasteiger partial charge < -0.3 is 19.3 Å². The van der Waals surface area contributed by atoms with Crippen molar-refractivity contribution in [3.05, 3.63) is 87.9 Å². The van der Waals surface area contributed by atoms with E-state index in [1.54, 1.807) is 30.3 Å². The molecular weight excluding hydrogens is 506 g/mol. The van der Waals surface area contributed by atoms with E-state index >= 15 is 0 Å². The molecule has 1 amide bonds. The van der Waals surface area contributed by atoms with Gasteiger partial charge in [-0.25, -0.2) is 0 Å². The monoisotopic (exact) mass is 533 g/mol. The van der Waals surface area contributed by atoms with E-state index in [0.29, 0.717) is 41.7 Å². The van der Waals surface area contributed by atoms with Gasteiger partial charge in [-0.2, -0.15) is 0 Å². The second-order valence-corrected chi connectivity index (χ2v) is 10.6. The highest BCUT2D eigenvalue weighted by atomic mass is 35.5. The predicted octanol–water partition coefficient (Wildman–Crippen LogP) is 6.04. The van der Waals surface area contributed by atoms with Crippen molar-refractivity contribution in [2.24, 2.45) is 0 Å². The summed E-state index contributed by atoms with van der Waals surface area (Å²) in [5.41, 5.74) is 2.23. The summed E-state index contributed by atoms with van der Waals surface area (Å²) in [6.45, 7) is 7.12. The number of fused-ring (bicyclic) bond motifs is 1. The average Bonchev–Trinajstić information content (AvgIpc) is 3.18. The van der Waals surface area contributed by atoms with Gasteiger partial charge in [0.05, 0.1) is 23.7 Å². The number of halogens is 1. The minimum absolute atomic E-state index is 0.0662. The lowest BCUT2D eigenvalue weighted by Gasteiger charge is -2.28. The first-order valence-corrected chi connectivity index (χ1v) is 12.6. The number of hydrogen-bond donors (Lipinski definition) is 1. The number of benzene rings is 3. The molecule has 0 radical (unpaired) electrons. The van der Waals surface area contributed by atoms with Crippen molar-refractivity contribution in [1.82, 2.24) is 0 Å². The third kappa shape index (κ3) is 4.47. The van der Waals surface area contributed by atoms with Crippen molar-refractivity contribution < 1.29 is 28.9 Å². The Kier molecular flexibility index (Phi) is 6.57. The number of carbonyl (C=O) groups is 2. The standard InChI is InChI=1S/C30H28ClNO6/c1-30(2,3)18-7-5-17(6-8-18)26-25(27(33)21-16-20(36-4)10-11-22(21)31)28(34)29(35)32(26)19-9-12-23-24(15-19)38-14-13-37-23/h5-12,15-16,26,33H,13-14H2,1-4H3/b27-25+. The van der Waals surface area contributed by atoms with Crippen molar-refractivity contribution in [3.63, 3.8) is 0 Å². The van der Waals surface area contributed by atoms with Gasteiger partial charge in [-0.3, -0.25) is 14.5 Å². The summed E-state index contributed by atoms with van der Waals surface area (Å²) in [6, 6.07) is 16.6. The molecule has 0 bridgehead atoms. The number of methoxy groups -OCH3 is 1. The number of amides is 1. The average molecular weight is 534 g/mol. The van der Waals surface area contributed by atoms with E-state index in [2.05, 4.69) is 20.8 Å². The van der Waals surface area contributed by atoms with Crippen molar-refractivity contribution in [2.45, 2.75) is 32.2 Å². The first-order valence-electron chi connectivity index (χ1n) is 12.2. The van der Waals surface area contributed by atoms with Crippen LogP contribution < -0.4 is 19.1 Å². The normalized spacial score (nSPS) is 18.6. The van der Waals surface area contributed by atoms with E-state index in [0.717, 1.165) is 5.56 Å². The van der Waals surface area contributed by atoms with Gasteiger partial charge in [0.25, 0.3) is 11.7 Å². The number of hydrogen-bond acceptors (Lipinski definition) is 6. The number of aliphatic hydroxyl groups excluding tert-OH is 1. The molecule has 5 rings (SSSR count). The molecule has 1 saturated heterocycles. The van der Waals surface area contributed by atoms with Crippen LogP contribution in [0.2, 0.25) is 5.02 Å². The molecule has 1 fully saturated rings. The maximum atomic E-state index is 13.5. The SMILES string of the molecule is COc1ccc(Cl)c(/C(O)=C2\C(=O)C(=O)N(c3ccc4c(c3)OCCO4)C2c2ccc(C(C)(C)C)cc2)c1. The Morgan fingerprint density at radius 2 is 1.66 bits per heavy atom. The van der Waals surface area contributed by atoms with Crippen LogP contribution in [-0.2, 0) is 15.0 Å². The fraction of sp³-hybridized carbons (Fsp3) is 0.267. The molecule has 2 aliphatic heterocycles. The highest BCUT2D eigenvalue weighted by molar-refractivity contribution is 6.52. The lowest BCUT2D eigenvalue weighted by molar-refractivity contribution is -0.132. The van der Waals surface area contributed by atoms with Gasteiger partial charge in [-0.05, 0) is 46.9 Å². The Labute approximate surface area is 226 Å². The summed E-state index contributed by atoms with van der Waals surface area (Å²) in [5.74, 6) is -0.479. The minimum Gasteiger partial charge on any atom is -0.507 e. The Hall–Kier alpha value is -3.97. The Morgan fingerprint density at radius 1 is 0.974 bits per heavy atom. The van der Waals surface area contributed by atoms with Crippen LogP contribution in [0, 0.1) is 0 Å². The van der Waals surface area contributed by atoms with Gasteiger partial charge in [0.1, 0.15) is 24.7 Å². The third-order valence-electron chi connectivity index (χ3n) is 6.77. The summed E-state index contributed by atoms with van der Waals surface area (Å²) in [5, 5.41) is 11.7. The summed E-state index contributed by atoms with van der Waals surface area (Å²) in [7, 11) is 1.49. The van der Waals surface area contributed by atoms with Gasteiger partial charge in [-0.1, -0.05) is 56.6 Å². The number of anilines is 1. The number of ether oxygens (including phenoxy) is 3. The first-order chi connectivity index (χ1) is 18.1. The summed E-state index contributed by atoms with van der Waals surface area (Å²) in [6.07, 6.45) is 0. The number of ketones is 1. The zero-order valence-electron chi connectivity index (χ0n) is 21.6. The second-order valence-electron chi connectivity index (χ2n) is 10.2. The molecule has 196 valence electrons. The van der Waals surface area contributed by atoms with E-state index in [4.69, 9.17) is 25.8 Å². The van der Waals surface area contributed by atoms with Gasteiger partial charge in [0.2, 0.25) is 0 Å². The molecule has 38 heavy (non-hydrogen) atoms. The summed E-state index contributed by atoms with van der Waals surface area (Å²) in [4.78, 5) is 28.4. The Morgan fingerprint density at radius 3 is 2.32 bits per heavy atom. The summed E-state index contributed by atoms with van der Waals surface area (Å²) < 4.78 is 16.6. The van der Waals surface area contributed by atoms with Gasteiger partial charge >= 0.3 is 0 Å². The molecule has 2 heterocycles. The van der Waals surface area contributed by atoms with Crippen molar-refractivity contribution >= 4 is 34.7 Å². The molecule has 0 aliphatic carbocycles. The number of carbonyl (C=O) groups excluding carboxylic acids is 2. The fourth-order valence-electron chi connectivity index (χ4n) is 4.72. The van der Waals surface area contributed by atoms with Gasteiger partial charge in [-0.15, -0.1) is 0 Å². The molecule has 7 nitrogen and oxygen atoms in total. The van der Waals surface area contributed by atoms with Crippen LogP contribution in [-0.4, -0.2) is 37.1 Å². The van der Waals surface area contributed by atoms with Crippen LogP contribution in [0.15, 0.2) is 66.2 Å². The Bertz CT molecular complexity index is 1450. The molecule has 0 aromatic heterocycles. The van der Waals surface area contributed by atoms with Crippen LogP contribution in [0.3, 0.4) is 0 Å². The number of aliphatic hydroxyl groups is 1.